The zero-order chi connectivity index (χ0) is 14.5. The molecule has 18 heavy (non-hydrogen) atoms. The standard InChI is InChI=1S/C11H20N2O5/c1-4-13(5-2)8(14)6-7(9(15)16)11(3,12)10(17)18/h7H,4-6,12H2,1-3H3,(H,15,16)(H,17,18). The van der Waals surface area contributed by atoms with Gasteiger partial charge < -0.3 is 20.8 Å². The van der Waals surface area contributed by atoms with E-state index < -0.39 is 35.7 Å². The molecule has 0 heterocycles. The molecule has 7 nitrogen and oxygen atoms in total. The zero-order valence-electron chi connectivity index (χ0n) is 10.8. The van der Waals surface area contributed by atoms with E-state index in [4.69, 9.17) is 15.9 Å². The van der Waals surface area contributed by atoms with Crippen LogP contribution in [0.4, 0.5) is 0 Å². The van der Waals surface area contributed by atoms with Gasteiger partial charge in [-0.15, -0.1) is 0 Å². The molecule has 0 aromatic rings. The molecule has 0 aliphatic rings. The first kappa shape index (κ1) is 16.4. The van der Waals surface area contributed by atoms with E-state index in [0.29, 0.717) is 13.1 Å². The van der Waals surface area contributed by atoms with Crippen LogP contribution >= 0.6 is 0 Å². The van der Waals surface area contributed by atoms with Crippen LogP contribution in [-0.2, 0) is 14.4 Å². The average molecular weight is 260 g/mol. The summed E-state index contributed by atoms with van der Waals surface area (Å²) in [5.74, 6) is -4.70. The van der Waals surface area contributed by atoms with Crippen LogP contribution in [0.15, 0.2) is 0 Å². The summed E-state index contributed by atoms with van der Waals surface area (Å²) in [6, 6.07) is 0. The molecule has 0 rings (SSSR count). The molecular formula is C11H20N2O5. The number of carboxylic acids is 2. The van der Waals surface area contributed by atoms with Gasteiger partial charge in [0.15, 0.2) is 0 Å². The first-order chi connectivity index (χ1) is 8.18. The Hall–Kier alpha value is -1.63. The number of hydrogen-bond acceptors (Lipinski definition) is 4. The highest BCUT2D eigenvalue weighted by Gasteiger charge is 2.44. The van der Waals surface area contributed by atoms with Gasteiger partial charge in [-0.1, -0.05) is 0 Å². The highest BCUT2D eigenvalue weighted by atomic mass is 16.4. The predicted octanol–water partition coefficient (Wildman–Crippen LogP) is -0.252. The molecule has 0 aromatic heterocycles. The summed E-state index contributed by atoms with van der Waals surface area (Å²) in [6.45, 7) is 5.50. The molecule has 0 saturated carbocycles. The molecule has 7 heteroatoms. The third-order valence-corrected chi connectivity index (χ3v) is 2.98. The molecule has 4 N–H and O–H groups in total. The van der Waals surface area contributed by atoms with Crippen LogP contribution in [0.3, 0.4) is 0 Å². The molecule has 1 amide bonds. The molecule has 0 aromatic carbocycles. The smallest absolute Gasteiger partial charge is 0.324 e. The first-order valence-corrected chi connectivity index (χ1v) is 5.71. The van der Waals surface area contributed by atoms with E-state index in [-0.39, 0.29) is 0 Å². The summed E-state index contributed by atoms with van der Waals surface area (Å²) in [6.07, 6.45) is -0.420. The molecule has 0 bridgehead atoms. The highest BCUT2D eigenvalue weighted by Crippen LogP contribution is 2.20. The molecule has 104 valence electrons. The van der Waals surface area contributed by atoms with Gasteiger partial charge in [-0.25, -0.2) is 0 Å². The molecule has 0 radical (unpaired) electrons. The summed E-state index contributed by atoms with van der Waals surface area (Å²) in [5, 5.41) is 17.9. The number of aliphatic carboxylic acids is 2. The Morgan fingerprint density at radius 1 is 1.22 bits per heavy atom. The van der Waals surface area contributed by atoms with Crippen molar-refractivity contribution in [1.82, 2.24) is 4.90 Å². The van der Waals surface area contributed by atoms with E-state index in [1.165, 1.54) is 4.90 Å². The highest BCUT2D eigenvalue weighted by molar-refractivity contribution is 5.90. The number of hydrogen-bond donors (Lipinski definition) is 3. The van der Waals surface area contributed by atoms with Crippen molar-refractivity contribution in [2.24, 2.45) is 11.7 Å². The van der Waals surface area contributed by atoms with Gasteiger partial charge in [0.05, 0.1) is 5.92 Å². The fraction of sp³-hybridized carbons (Fsp3) is 0.727. The largest absolute Gasteiger partial charge is 0.481 e. The second-order valence-corrected chi connectivity index (χ2v) is 4.25. The number of carbonyl (C=O) groups excluding carboxylic acids is 1. The fourth-order valence-corrected chi connectivity index (χ4v) is 1.58. The second kappa shape index (κ2) is 6.34. The fourth-order valence-electron chi connectivity index (χ4n) is 1.58. The number of carbonyl (C=O) groups is 3. The van der Waals surface area contributed by atoms with Crippen LogP contribution in [0.25, 0.3) is 0 Å². The molecule has 0 fully saturated rings. The van der Waals surface area contributed by atoms with Crippen molar-refractivity contribution in [2.75, 3.05) is 13.1 Å². The first-order valence-electron chi connectivity index (χ1n) is 5.71. The maximum Gasteiger partial charge on any atom is 0.324 e. The topological polar surface area (TPSA) is 121 Å². The van der Waals surface area contributed by atoms with Crippen LogP contribution in [0.5, 0.6) is 0 Å². The van der Waals surface area contributed by atoms with E-state index in [9.17, 15) is 14.4 Å². The van der Waals surface area contributed by atoms with Crippen molar-refractivity contribution in [2.45, 2.75) is 32.7 Å². The number of nitrogens with zero attached hydrogens (tertiary/aromatic N) is 1. The van der Waals surface area contributed by atoms with E-state index in [0.717, 1.165) is 6.92 Å². The Morgan fingerprint density at radius 3 is 1.94 bits per heavy atom. The maximum absolute atomic E-state index is 11.8. The quantitative estimate of drug-likeness (QED) is 0.580. The molecule has 0 saturated heterocycles. The van der Waals surface area contributed by atoms with Crippen molar-refractivity contribution in [3.63, 3.8) is 0 Å². The summed E-state index contributed by atoms with van der Waals surface area (Å²) in [7, 11) is 0. The predicted molar refractivity (Wildman–Crippen MR) is 63.9 cm³/mol. The molecule has 2 unspecified atom stereocenters. The normalized spacial score (nSPS) is 15.6. The minimum Gasteiger partial charge on any atom is -0.481 e. The number of rotatable bonds is 7. The Balaban J connectivity index is 5.02. The third kappa shape index (κ3) is 3.69. The third-order valence-electron chi connectivity index (χ3n) is 2.98. The van der Waals surface area contributed by atoms with Gasteiger partial charge in [-0.2, -0.15) is 0 Å². The van der Waals surface area contributed by atoms with Crippen molar-refractivity contribution in [3.05, 3.63) is 0 Å². The molecular weight excluding hydrogens is 240 g/mol. The van der Waals surface area contributed by atoms with E-state index in [1.807, 2.05) is 0 Å². The van der Waals surface area contributed by atoms with Gasteiger partial charge in [-0.05, 0) is 20.8 Å². The zero-order valence-corrected chi connectivity index (χ0v) is 10.8. The summed E-state index contributed by atoms with van der Waals surface area (Å²) in [4.78, 5) is 35.3. The molecule has 0 aliphatic heterocycles. The van der Waals surface area contributed by atoms with Crippen molar-refractivity contribution in [1.29, 1.82) is 0 Å². The minimum atomic E-state index is -1.98. The maximum atomic E-state index is 11.8. The van der Waals surface area contributed by atoms with E-state index in [1.54, 1.807) is 13.8 Å². The van der Waals surface area contributed by atoms with Gasteiger partial charge in [0.1, 0.15) is 5.54 Å². The summed E-state index contributed by atoms with van der Waals surface area (Å²) in [5.41, 5.74) is 3.51. The molecule has 0 aliphatic carbocycles. The molecule has 2 atom stereocenters. The molecule has 0 spiro atoms. The lowest BCUT2D eigenvalue weighted by Gasteiger charge is -2.28. The van der Waals surface area contributed by atoms with Crippen LogP contribution in [0.1, 0.15) is 27.2 Å². The monoisotopic (exact) mass is 260 g/mol. The van der Waals surface area contributed by atoms with Crippen molar-refractivity contribution < 1.29 is 24.6 Å². The van der Waals surface area contributed by atoms with Crippen molar-refractivity contribution in [3.8, 4) is 0 Å². The van der Waals surface area contributed by atoms with Gasteiger partial charge in [-0.3, -0.25) is 14.4 Å². The van der Waals surface area contributed by atoms with E-state index in [2.05, 4.69) is 0 Å². The van der Waals surface area contributed by atoms with Crippen LogP contribution in [0, 0.1) is 5.92 Å². The van der Waals surface area contributed by atoms with Crippen LogP contribution < -0.4 is 5.73 Å². The lowest BCUT2D eigenvalue weighted by Crippen LogP contribution is -2.55. The van der Waals surface area contributed by atoms with Gasteiger partial charge >= 0.3 is 11.9 Å². The summed E-state index contributed by atoms with van der Waals surface area (Å²) < 4.78 is 0. The van der Waals surface area contributed by atoms with E-state index >= 15 is 0 Å². The Morgan fingerprint density at radius 2 is 1.67 bits per heavy atom. The average Bonchev–Trinajstić information content (AvgIpc) is 2.26. The number of carboxylic acid groups (broad SMARTS) is 2. The summed E-state index contributed by atoms with van der Waals surface area (Å²) >= 11 is 0. The van der Waals surface area contributed by atoms with Crippen LogP contribution in [-0.4, -0.2) is 51.6 Å². The minimum absolute atomic E-state index is 0.412. The number of amides is 1. The lowest BCUT2D eigenvalue weighted by atomic mass is 9.83. The SMILES string of the molecule is CCN(CC)C(=O)CC(C(=O)O)C(C)(N)C(=O)O. The van der Waals surface area contributed by atoms with Crippen LogP contribution in [0.2, 0.25) is 0 Å². The van der Waals surface area contributed by atoms with Gasteiger partial charge in [0, 0.05) is 19.5 Å². The van der Waals surface area contributed by atoms with Gasteiger partial charge in [0.2, 0.25) is 5.91 Å². The number of nitrogens with two attached hydrogens (primary N) is 1. The second-order valence-electron chi connectivity index (χ2n) is 4.25. The lowest BCUT2D eigenvalue weighted by molar-refractivity contribution is -0.157. The Labute approximate surface area is 106 Å². The van der Waals surface area contributed by atoms with Crippen molar-refractivity contribution >= 4 is 17.8 Å². The van der Waals surface area contributed by atoms with Gasteiger partial charge in [0.25, 0.3) is 0 Å². The Bertz CT molecular complexity index is 336. The Kier molecular flexibility index (Phi) is 5.77.